The summed E-state index contributed by atoms with van der Waals surface area (Å²) in [5.41, 5.74) is -0.382. The highest BCUT2D eigenvalue weighted by Gasteiger charge is 2.60. The molecule has 0 N–H and O–H groups in total. The van der Waals surface area contributed by atoms with Gasteiger partial charge in [0.2, 0.25) is 0 Å². The largest absolute Gasteiger partial charge is 0.455 e. The molecule has 4 saturated carbocycles. The van der Waals surface area contributed by atoms with Crippen molar-refractivity contribution < 1.29 is 14.1 Å². The summed E-state index contributed by atoms with van der Waals surface area (Å²) in [4.78, 5) is 16.9. The first-order valence-electron chi connectivity index (χ1n) is 9.03. The predicted molar refractivity (Wildman–Crippen MR) is 88.3 cm³/mol. The van der Waals surface area contributed by atoms with Crippen molar-refractivity contribution in [3.63, 3.8) is 0 Å². The van der Waals surface area contributed by atoms with Gasteiger partial charge < -0.3 is 9.26 Å². The van der Waals surface area contributed by atoms with E-state index in [1.165, 1.54) is 6.42 Å². The van der Waals surface area contributed by atoms with Crippen LogP contribution in [0.1, 0.15) is 64.1 Å². The zero-order valence-corrected chi connectivity index (χ0v) is 15.1. The summed E-state index contributed by atoms with van der Waals surface area (Å²) in [6.45, 7) is 4.27. The van der Waals surface area contributed by atoms with Crippen LogP contribution in [0.5, 0.6) is 0 Å². The third kappa shape index (κ3) is 2.96. The summed E-state index contributed by atoms with van der Waals surface area (Å²) in [5.74, 6) is 2.56. The number of ether oxygens (including phenoxy) is 1. The van der Waals surface area contributed by atoms with E-state index >= 15 is 0 Å². The maximum absolute atomic E-state index is 12.8. The van der Waals surface area contributed by atoms with Crippen molar-refractivity contribution in [2.24, 2.45) is 23.2 Å². The molecule has 0 saturated heterocycles. The van der Waals surface area contributed by atoms with Gasteiger partial charge in [-0.05, 0) is 56.3 Å². The first-order chi connectivity index (χ1) is 11.4. The molecule has 4 fully saturated rings. The number of alkyl halides is 1. The molecule has 6 heteroatoms. The van der Waals surface area contributed by atoms with E-state index in [4.69, 9.17) is 20.9 Å². The summed E-state index contributed by atoms with van der Waals surface area (Å²) in [7, 11) is 0. The van der Waals surface area contributed by atoms with E-state index in [1.54, 1.807) is 0 Å². The first kappa shape index (κ1) is 16.4. The van der Waals surface area contributed by atoms with E-state index in [1.807, 2.05) is 0 Å². The molecule has 0 spiro atoms. The number of nitrogens with zero attached hydrogens (tertiary/aromatic N) is 2. The van der Waals surface area contributed by atoms with Gasteiger partial charge in [-0.2, -0.15) is 4.98 Å². The Labute approximate surface area is 147 Å². The van der Waals surface area contributed by atoms with E-state index in [2.05, 4.69) is 24.0 Å². The fourth-order valence-corrected chi connectivity index (χ4v) is 6.16. The fourth-order valence-electron chi connectivity index (χ4n) is 5.47. The average molecular weight is 353 g/mol. The van der Waals surface area contributed by atoms with Crippen molar-refractivity contribution >= 4 is 17.6 Å². The highest BCUT2D eigenvalue weighted by atomic mass is 35.5. The average Bonchev–Trinajstić information content (AvgIpc) is 2.88. The van der Waals surface area contributed by atoms with Gasteiger partial charge in [-0.3, -0.25) is 4.79 Å². The molecule has 0 aliphatic heterocycles. The lowest BCUT2D eigenvalue weighted by molar-refractivity contribution is -0.172. The van der Waals surface area contributed by atoms with Crippen molar-refractivity contribution in [1.29, 1.82) is 0 Å². The van der Waals surface area contributed by atoms with Crippen LogP contribution in [0.4, 0.5) is 0 Å². The number of hydrogen-bond donors (Lipinski definition) is 0. The lowest BCUT2D eigenvalue weighted by Gasteiger charge is -2.58. The Morgan fingerprint density at radius 1 is 1.33 bits per heavy atom. The molecular weight excluding hydrogens is 328 g/mol. The van der Waals surface area contributed by atoms with E-state index in [-0.39, 0.29) is 22.9 Å². The topological polar surface area (TPSA) is 65.2 Å². The number of hydrogen-bond acceptors (Lipinski definition) is 5. The van der Waals surface area contributed by atoms with Gasteiger partial charge in [-0.25, -0.2) is 0 Å². The van der Waals surface area contributed by atoms with Gasteiger partial charge in [-0.15, -0.1) is 11.6 Å². The Bertz CT molecular complexity index is 628. The Morgan fingerprint density at radius 3 is 2.67 bits per heavy atom. The van der Waals surface area contributed by atoms with Crippen LogP contribution in [0, 0.1) is 23.2 Å². The Balaban J connectivity index is 1.40. The van der Waals surface area contributed by atoms with Crippen LogP contribution in [0.25, 0.3) is 0 Å². The number of halogens is 1. The molecule has 0 aromatic carbocycles. The van der Waals surface area contributed by atoms with Crippen LogP contribution in [0.15, 0.2) is 4.52 Å². The third-order valence-electron chi connectivity index (χ3n) is 5.85. The Hall–Kier alpha value is -1.10. The lowest BCUT2D eigenvalue weighted by Crippen LogP contribution is -2.56. The first-order valence-corrected chi connectivity index (χ1v) is 9.41. The molecule has 2 atom stereocenters. The quantitative estimate of drug-likeness (QED) is 0.594. The molecule has 0 radical (unpaired) electrons. The van der Waals surface area contributed by atoms with Gasteiger partial charge in [0.15, 0.2) is 12.4 Å². The minimum atomic E-state index is -0.382. The Morgan fingerprint density at radius 2 is 2.04 bits per heavy atom. The number of carbonyl (C=O) groups is 1. The molecule has 1 heterocycles. The molecule has 5 nitrogen and oxygen atoms in total. The van der Waals surface area contributed by atoms with Gasteiger partial charge in [0.05, 0.1) is 5.41 Å². The minimum absolute atomic E-state index is 0.0658. The van der Waals surface area contributed by atoms with Crippen LogP contribution < -0.4 is 0 Å². The van der Waals surface area contributed by atoms with E-state index in [0.29, 0.717) is 29.5 Å². The SMILES string of the molecule is CC(C)Cc1noc(COC(=O)C23C[C@H]4C[C@@H](CC(Cl)(C4)C2)C3)n1. The number of rotatable bonds is 5. The zero-order valence-electron chi connectivity index (χ0n) is 14.4. The van der Waals surface area contributed by atoms with Gasteiger partial charge >= 0.3 is 5.97 Å². The molecule has 4 aliphatic carbocycles. The molecule has 4 bridgehead atoms. The van der Waals surface area contributed by atoms with Crippen molar-refractivity contribution in [3.05, 3.63) is 11.7 Å². The van der Waals surface area contributed by atoms with Crippen molar-refractivity contribution in [3.8, 4) is 0 Å². The molecule has 5 rings (SSSR count). The highest BCUT2D eigenvalue weighted by molar-refractivity contribution is 6.24. The highest BCUT2D eigenvalue weighted by Crippen LogP contribution is 2.64. The number of carbonyl (C=O) groups excluding carboxylic acids is 1. The van der Waals surface area contributed by atoms with Gasteiger partial charge in [0.25, 0.3) is 5.89 Å². The maximum Gasteiger partial charge on any atom is 0.312 e. The molecular formula is C18H25ClN2O3. The second-order valence-corrected chi connectivity index (χ2v) is 9.47. The van der Waals surface area contributed by atoms with Crippen LogP contribution >= 0.6 is 11.6 Å². The summed E-state index contributed by atoms with van der Waals surface area (Å²) in [6.07, 6.45) is 6.73. The normalized spacial score (nSPS) is 37.2. The predicted octanol–water partition coefficient (Wildman–Crippen LogP) is 3.89. The summed E-state index contributed by atoms with van der Waals surface area (Å²) in [5, 5.41) is 3.94. The lowest BCUT2D eigenvalue weighted by atomic mass is 9.49. The second kappa shape index (κ2) is 5.72. The smallest absolute Gasteiger partial charge is 0.312 e. The monoisotopic (exact) mass is 352 g/mol. The zero-order chi connectivity index (χ0) is 16.9. The summed E-state index contributed by atoms with van der Waals surface area (Å²) >= 11 is 6.78. The third-order valence-corrected chi connectivity index (χ3v) is 6.29. The van der Waals surface area contributed by atoms with Crippen LogP contribution in [-0.2, 0) is 22.6 Å². The summed E-state index contributed by atoms with van der Waals surface area (Å²) < 4.78 is 10.8. The van der Waals surface area contributed by atoms with Crippen molar-refractivity contribution in [1.82, 2.24) is 10.1 Å². The summed E-state index contributed by atoms with van der Waals surface area (Å²) in [6, 6.07) is 0. The Kier molecular flexibility index (Phi) is 3.90. The molecule has 1 aromatic rings. The van der Waals surface area contributed by atoms with Gasteiger partial charge in [-0.1, -0.05) is 19.0 Å². The van der Waals surface area contributed by atoms with Crippen molar-refractivity contribution in [2.75, 3.05) is 0 Å². The van der Waals surface area contributed by atoms with E-state index in [9.17, 15) is 4.79 Å². The molecule has 132 valence electrons. The van der Waals surface area contributed by atoms with Gasteiger partial charge in [0.1, 0.15) is 0 Å². The number of aromatic nitrogens is 2. The molecule has 24 heavy (non-hydrogen) atoms. The minimum Gasteiger partial charge on any atom is -0.455 e. The molecule has 0 amide bonds. The van der Waals surface area contributed by atoms with Crippen LogP contribution in [-0.4, -0.2) is 21.0 Å². The van der Waals surface area contributed by atoms with Gasteiger partial charge in [0, 0.05) is 11.3 Å². The standard InChI is InChI=1S/C18H25ClN2O3/c1-11(2)3-14-20-15(24-21-14)9-23-16(22)17-5-12-4-13(6-17)8-18(19,7-12)10-17/h11-13H,3-10H2,1-2H3/t12-,13-,17?,18?/m1/s1. The van der Waals surface area contributed by atoms with Crippen LogP contribution in [0.3, 0.4) is 0 Å². The van der Waals surface area contributed by atoms with Crippen molar-refractivity contribution in [2.45, 2.75) is 70.3 Å². The molecule has 4 aliphatic rings. The van der Waals surface area contributed by atoms with E-state index in [0.717, 1.165) is 38.5 Å². The fraction of sp³-hybridized carbons (Fsp3) is 0.833. The molecule has 1 aromatic heterocycles. The van der Waals surface area contributed by atoms with Crippen LogP contribution in [0.2, 0.25) is 0 Å². The van der Waals surface area contributed by atoms with E-state index < -0.39 is 0 Å². The number of esters is 1. The second-order valence-electron chi connectivity index (χ2n) is 8.67. The molecule has 0 unspecified atom stereocenters. The maximum atomic E-state index is 12.8.